The molecule has 7 nitrogen and oxygen atoms in total. The quantitative estimate of drug-likeness (QED) is 0.787. The van der Waals surface area contributed by atoms with Gasteiger partial charge < -0.3 is 10.2 Å². The first kappa shape index (κ1) is 23.1. The van der Waals surface area contributed by atoms with Crippen molar-refractivity contribution < 1.29 is 4.79 Å². The van der Waals surface area contributed by atoms with Gasteiger partial charge in [0.05, 0.1) is 18.2 Å². The third-order valence-electron chi connectivity index (χ3n) is 4.32. The van der Waals surface area contributed by atoms with E-state index in [4.69, 9.17) is 5.26 Å². The highest BCUT2D eigenvalue weighted by Gasteiger charge is 2.27. The van der Waals surface area contributed by atoms with Gasteiger partial charge in [-0.15, -0.1) is 24.8 Å². The van der Waals surface area contributed by atoms with Gasteiger partial charge in [-0.25, -0.2) is 4.98 Å². The monoisotopic (exact) mass is 426 g/mol. The number of nitrogens with zero attached hydrogens (tertiary/aromatic N) is 5. The number of hydrogen-bond donors (Lipinski definition) is 1. The Morgan fingerprint density at radius 1 is 1.33 bits per heavy atom. The SMILES string of the molecule is Cl.Cl.N#Cc1cccnc1N1CCC(NCC(=O)N2C=CS[C@@H]2C#N)CC1. The zero-order chi connectivity index (χ0) is 17.6. The highest BCUT2D eigenvalue weighted by Crippen LogP contribution is 2.24. The van der Waals surface area contributed by atoms with Crippen LogP contribution < -0.4 is 10.2 Å². The fraction of sp³-hybridized carbons (Fsp3) is 0.412. The van der Waals surface area contributed by atoms with Crippen molar-refractivity contribution >= 4 is 48.3 Å². The molecule has 0 radical (unpaired) electrons. The maximum Gasteiger partial charge on any atom is 0.242 e. The normalized spacial score (nSPS) is 18.8. The molecule has 3 heterocycles. The Balaban J connectivity index is 0.00000182. The summed E-state index contributed by atoms with van der Waals surface area (Å²) in [6.45, 7) is 1.80. The predicted molar refractivity (Wildman–Crippen MR) is 110 cm³/mol. The van der Waals surface area contributed by atoms with Crippen LogP contribution in [0.4, 0.5) is 5.82 Å². The molecule has 0 saturated carbocycles. The number of halogens is 2. The lowest BCUT2D eigenvalue weighted by Gasteiger charge is -2.33. The molecular formula is C17H20Cl2N6OS. The van der Waals surface area contributed by atoms with Crippen LogP contribution in [0.1, 0.15) is 18.4 Å². The van der Waals surface area contributed by atoms with Gasteiger partial charge >= 0.3 is 0 Å². The highest BCUT2D eigenvalue weighted by molar-refractivity contribution is 8.03. The lowest BCUT2D eigenvalue weighted by atomic mass is 10.0. The van der Waals surface area contributed by atoms with E-state index in [1.54, 1.807) is 29.9 Å². The maximum absolute atomic E-state index is 12.2. The van der Waals surface area contributed by atoms with E-state index in [2.05, 4.69) is 27.3 Å². The van der Waals surface area contributed by atoms with Gasteiger partial charge in [0, 0.05) is 31.5 Å². The summed E-state index contributed by atoms with van der Waals surface area (Å²) in [6, 6.07) is 8.07. The first-order chi connectivity index (χ1) is 12.2. The Labute approximate surface area is 175 Å². The molecule has 3 rings (SSSR count). The molecule has 0 bridgehead atoms. The molecule has 1 aromatic heterocycles. The zero-order valence-corrected chi connectivity index (χ0v) is 16.9. The molecule has 1 aromatic rings. The van der Waals surface area contributed by atoms with Crippen LogP contribution in [-0.2, 0) is 4.79 Å². The maximum atomic E-state index is 12.2. The second-order valence-electron chi connectivity index (χ2n) is 5.83. The van der Waals surface area contributed by atoms with Crippen molar-refractivity contribution in [3.8, 4) is 12.1 Å². The number of piperidine rings is 1. The van der Waals surface area contributed by atoms with Gasteiger partial charge in [0.1, 0.15) is 11.9 Å². The second kappa shape index (κ2) is 11.0. The van der Waals surface area contributed by atoms with Crippen LogP contribution in [0.25, 0.3) is 0 Å². The van der Waals surface area contributed by atoms with E-state index in [0.29, 0.717) is 5.56 Å². The molecule has 10 heteroatoms. The van der Waals surface area contributed by atoms with Crippen LogP contribution in [-0.4, -0.2) is 46.8 Å². The summed E-state index contributed by atoms with van der Waals surface area (Å²) in [4.78, 5) is 20.1. The molecule has 0 aliphatic carbocycles. The van der Waals surface area contributed by atoms with Crippen LogP contribution in [0.3, 0.4) is 0 Å². The lowest BCUT2D eigenvalue weighted by molar-refractivity contribution is -0.127. The molecule has 2 aliphatic rings. The summed E-state index contributed by atoms with van der Waals surface area (Å²) in [6.07, 6.45) is 5.12. The van der Waals surface area contributed by atoms with Gasteiger partial charge in [-0.2, -0.15) is 10.5 Å². The summed E-state index contributed by atoms with van der Waals surface area (Å²) in [5, 5.41) is 22.8. The van der Waals surface area contributed by atoms with Crippen molar-refractivity contribution in [3.05, 3.63) is 35.5 Å². The second-order valence-corrected chi connectivity index (χ2v) is 6.82. The Kier molecular flexibility index (Phi) is 9.40. The minimum Gasteiger partial charge on any atom is -0.355 e. The topological polar surface area (TPSA) is 96.1 Å². The largest absolute Gasteiger partial charge is 0.355 e. The number of pyridine rings is 1. The Bertz CT molecular complexity index is 755. The number of aromatic nitrogens is 1. The molecular weight excluding hydrogens is 407 g/mol. The van der Waals surface area contributed by atoms with Gasteiger partial charge in [0.25, 0.3) is 0 Å². The van der Waals surface area contributed by atoms with Crippen molar-refractivity contribution in [3.63, 3.8) is 0 Å². The first-order valence-corrected chi connectivity index (χ1v) is 9.03. The van der Waals surface area contributed by atoms with Crippen LogP contribution in [0, 0.1) is 22.7 Å². The highest BCUT2D eigenvalue weighted by atomic mass is 35.5. The summed E-state index contributed by atoms with van der Waals surface area (Å²) >= 11 is 1.34. The van der Waals surface area contributed by atoms with E-state index in [1.165, 1.54) is 16.7 Å². The first-order valence-electron chi connectivity index (χ1n) is 8.09. The van der Waals surface area contributed by atoms with E-state index in [1.807, 2.05) is 0 Å². The van der Waals surface area contributed by atoms with Gasteiger partial charge in [-0.3, -0.25) is 9.69 Å². The summed E-state index contributed by atoms with van der Waals surface area (Å²) in [5.74, 6) is 0.641. The van der Waals surface area contributed by atoms with Crippen molar-refractivity contribution in [1.29, 1.82) is 10.5 Å². The van der Waals surface area contributed by atoms with Crippen LogP contribution >= 0.6 is 36.6 Å². The van der Waals surface area contributed by atoms with E-state index in [9.17, 15) is 10.1 Å². The van der Waals surface area contributed by atoms with E-state index >= 15 is 0 Å². The molecule has 0 spiro atoms. The third-order valence-corrected chi connectivity index (χ3v) is 5.19. The molecule has 1 fully saturated rings. The average molecular weight is 427 g/mol. The molecule has 1 amide bonds. The number of carbonyl (C=O) groups is 1. The summed E-state index contributed by atoms with van der Waals surface area (Å²) in [5.41, 5.74) is 0.588. The number of rotatable bonds is 4. The molecule has 0 unspecified atom stereocenters. The van der Waals surface area contributed by atoms with Crippen molar-refractivity contribution in [2.45, 2.75) is 24.3 Å². The van der Waals surface area contributed by atoms with Gasteiger partial charge in [-0.05, 0) is 30.4 Å². The van der Waals surface area contributed by atoms with Crippen molar-refractivity contribution in [2.24, 2.45) is 0 Å². The molecule has 1 atom stereocenters. The lowest BCUT2D eigenvalue weighted by Crippen LogP contribution is -2.46. The smallest absolute Gasteiger partial charge is 0.242 e. The minimum absolute atomic E-state index is 0. The van der Waals surface area contributed by atoms with E-state index in [-0.39, 0.29) is 43.3 Å². The number of anilines is 1. The van der Waals surface area contributed by atoms with Gasteiger partial charge in [0.15, 0.2) is 5.37 Å². The fourth-order valence-electron chi connectivity index (χ4n) is 2.98. The minimum atomic E-state index is -0.454. The third kappa shape index (κ3) is 5.50. The number of carbonyl (C=O) groups excluding carboxylic acids is 1. The number of nitrogens with one attached hydrogen (secondary N) is 1. The molecule has 2 aliphatic heterocycles. The molecule has 1 saturated heterocycles. The van der Waals surface area contributed by atoms with Crippen LogP contribution in [0.2, 0.25) is 0 Å². The fourth-order valence-corrected chi connectivity index (χ4v) is 3.71. The number of hydrogen-bond acceptors (Lipinski definition) is 7. The van der Waals surface area contributed by atoms with E-state index < -0.39 is 5.37 Å². The van der Waals surface area contributed by atoms with Crippen molar-refractivity contribution in [1.82, 2.24) is 15.2 Å². The Morgan fingerprint density at radius 3 is 2.74 bits per heavy atom. The zero-order valence-electron chi connectivity index (χ0n) is 14.4. The molecule has 27 heavy (non-hydrogen) atoms. The van der Waals surface area contributed by atoms with Crippen LogP contribution in [0.15, 0.2) is 29.9 Å². The summed E-state index contributed by atoms with van der Waals surface area (Å²) < 4.78 is 0. The van der Waals surface area contributed by atoms with Crippen molar-refractivity contribution in [2.75, 3.05) is 24.5 Å². The Morgan fingerprint density at radius 2 is 2.07 bits per heavy atom. The molecule has 144 valence electrons. The standard InChI is InChI=1S/C17H18N6OS.2ClH/c18-10-13-2-1-5-20-17(13)22-6-3-14(4-7-22)21-12-15(24)23-8-9-25-16(23)11-19;;/h1-2,5,8-9,14,16,21H,3-4,6-7,12H2;2*1H/t16-;;/m1../s1. The number of nitriles is 2. The van der Waals surface area contributed by atoms with Gasteiger partial charge in [0.2, 0.25) is 5.91 Å². The number of thioether (sulfide) groups is 1. The molecule has 0 aromatic carbocycles. The van der Waals surface area contributed by atoms with Crippen LogP contribution in [0.5, 0.6) is 0 Å². The van der Waals surface area contributed by atoms with E-state index in [0.717, 1.165) is 31.7 Å². The van der Waals surface area contributed by atoms with Gasteiger partial charge in [-0.1, -0.05) is 11.8 Å². The number of amides is 1. The molecule has 1 N–H and O–H groups in total. The average Bonchev–Trinajstić information content (AvgIpc) is 3.15. The Hall–Kier alpha value is -1.97. The summed E-state index contributed by atoms with van der Waals surface area (Å²) in [7, 11) is 0. The predicted octanol–water partition coefficient (Wildman–Crippen LogP) is 2.25.